The van der Waals surface area contributed by atoms with Gasteiger partial charge in [0, 0.05) is 31.7 Å². The average molecular weight is 497 g/mol. The summed E-state index contributed by atoms with van der Waals surface area (Å²) in [7, 11) is 4.63. The molecule has 2 aliphatic heterocycles. The molecule has 1 amide bonds. The van der Waals surface area contributed by atoms with E-state index in [9.17, 15) is 14.7 Å². The van der Waals surface area contributed by atoms with Crippen molar-refractivity contribution >= 4 is 17.4 Å². The molecule has 9 heteroatoms. The van der Waals surface area contributed by atoms with E-state index in [1.807, 2.05) is 6.92 Å². The van der Waals surface area contributed by atoms with Gasteiger partial charge in [0.2, 0.25) is 0 Å². The van der Waals surface area contributed by atoms with Crippen LogP contribution in [-0.4, -0.2) is 87.3 Å². The van der Waals surface area contributed by atoms with Gasteiger partial charge in [-0.3, -0.25) is 14.5 Å². The lowest BCUT2D eigenvalue weighted by atomic mass is 9.93. The summed E-state index contributed by atoms with van der Waals surface area (Å²) in [6.45, 7) is 5.51. The van der Waals surface area contributed by atoms with E-state index in [-0.39, 0.29) is 11.3 Å². The van der Waals surface area contributed by atoms with Crippen molar-refractivity contribution in [3.8, 4) is 17.2 Å². The highest BCUT2D eigenvalue weighted by Gasteiger charge is 2.46. The summed E-state index contributed by atoms with van der Waals surface area (Å²) in [5, 5.41) is 11.4. The fourth-order valence-corrected chi connectivity index (χ4v) is 4.73. The lowest BCUT2D eigenvalue weighted by molar-refractivity contribution is -0.140. The topological polar surface area (TPSA) is 97.8 Å². The zero-order valence-corrected chi connectivity index (χ0v) is 21.1. The van der Waals surface area contributed by atoms with Crippen molar-refractivity contribution in [3.05, 3.63) is 58.7 Å². The van der Waals surface area contributed by atoms with E-state index in [0.717, 1.165) is 18.7 Å². The van der Waals surface area contributed by atoms with Gasteiger partial charge in [-0.1, -0.05) is 6.07 Å². The number of nitrogens with zero attached hydrogens (tertiary/aromatic N) is 2. The first-order valence-electron chi connectivity index (χ1n) is 11.8. The third-order valence-corrected chi connectivity index (χ3v) is 6.71. The molecule has 0 spiro atoms. The molecular weight excluding hydrogens is 464 g/mol. The van der Waals surface area contributed by atoms with Crippen LogP contribution in [-0.2, 0) is 14.3 Å². The molecule has 2 aromatic rings. The van der Waals surface area contributed by atoms with Crippen LogP contribution >= 0.6 is 0 Å². The summed E-state index contributed by atoms with van der Waals surface area (Å²) in [5.41, 5.74) is 1.87. The largest absolute Gasteiger partial charge is 0.507 e. The minimum atomic E-state index is -0.785. The molecule has 0 bridgehead atoms. The minimum Gasteiger partial charge on any atom is -0.507 e. The van der Waals surface area contributed by atoms with Crippen LogP contribution in [0.25, 0.3) is 5.76 Å². The minimum absolute atomic E-state index is 0.0439. The highest BCUT2D eigenvalue weighted by Crippen LogP contribution is 2.42. The maximum Gasteiger partial charge on any atom is 0.295 e. The monoisotopic (exact) mass is 496 g/mol. The van der Waals surface area contributed by atoms with Crippen LogP contribution in [0.2, 0.25) is 0 Å². The number of amides is 1. The number of aliphatic hydroxyl groups is 1. The van der Waals surface area contributed by atoms with Crippen molar-refractivity contribution in [2.45, 2.75) is 13.0 Å². The molecule has 0 radical (unpaired) electrons. The Labute approximate surface area is 210 Å². The van der Waals surface area contributed by atoms with Gasteiger partial charge in [0.1, 0.15) is 11.5 Å². The van der Waals surface area contributed by atoms with E-state index in [4.69, 9.17) is 18.9 Å². The Balaban J connectivity index is 1.80. The van der Waals surface area contributed by atoms with Crippen LogP contribution in [0.3, 0.4) is 0 Å². The van der Waals surface area contributed by atoms with Gasteiger partial charge in [-0.25, -0.2) is 0 Å². The van der Waals surface area contributed by atoms with Gasteiger partial charge in [-0.05, 0) is 48.4 Å². The molecule has 4 rings (SSSR count). The number of carbonyl (C=O) groups is 2. The Morgan fingerprint density at radius 2 is 1.69 bits per heavy atom. The molecule has 0 unspecified atom stereocenters. The number of hydrogen-bond donors (Lipinski definition) is 1. The Hall–Kier alpha value is -3.56. The van der Waals surface area contributed by atoms with Crippen LogP contribution in [0.15, 0.2) is 42.0 Å². The summed E-state index contributed by atoms with van der Waals surface area (Å²) in [5.74, 6) is 0.0424. The van der Waals surface area contributed by atoms with Crippen LogP contribution in [0.1, 0.15) is 22.7 Å². The van der Waals surface area contributed by atoms with Gasteiger partial charge >= 0.3 is 0 Å². The lowest BCUT2D eigenvalue weighted by Gasteiger charge is -2.31. The summed E-state index contributed by atoms with van der Waals surface area (Å²) < 4.78 is 21.5. The second kappa shape index (κ2) is 11.0. The molecule has 0 aromatic heterocycles. The maximum atomic E-state index is 13.4. The van der Waals surface area contributed by atoms with Crippen molar-refractivity contribution in [2.24, 2.45) is 0 Å². The van der Waals surface area contributed by atoms with Crippen LogP contribution in [0.4, 0.5) is 0 Å². The number of benzene rings is 2. The normalized spacial score (nSPS) is 20.0. The second-order valence-electron chi connectivity index (χ2n) is 8.74. The van der Waals surface area contributed by atoms with E-state index >= 15 is 0 Å². The predicted molar refractivity (Wildman–Crippen MR) is 134 cm³/mol. The predicted octanol–water partition coefficient (Wildman–Crippen LogP) is 2.77. The second-order valence-corrected chi connectivity index (χ2v) is 8.74. The van der Waals surface area contributed by atoms with Crippen molar-refractivity contribution in [1.29, 1.82) is 0 Å². The van der Waals surface area contributed by atoms with Crippen LogP contribution in [0, 0.1) is 6.92 Å². The summed E-state index contributed by atoms with van der Waals surface area (Å²) in [6, 6.07) is 9.65. The zero-order valence-electron chi connectivity index (χ0n) is 21.1. The standard InChI is InChI=1S/C27H32N2O7/c1-17-15-19(33-2)6-7-20(17)25(30)23-24(18-5-8-21(34-3)22(16-18)35-4)29(27(32)26(23)31)10-9-28-11-13-36-14-12-28/h5-8,15-16,24,30H,9-14H2,1-4H3/b25-23+/t24-/m1/s1. The number of morpholine rings is 1. The highest BCUT2D eigenvalue weighted by atomic mass is 16.5. The number of ketones is 1. The number of Topliss-reactive ketones (excluding diaryl/α,β-unsaturated/α-hetero) is 1. The molecule has 1 N–H and O–H groups in total. The number of carbonyl (C=O) groups excluding carboxylic acids is 2. The summed E-state index contributed by atoms with van der Waals surface area (Å²) in [4.78, 5) is 30.4. The molecule has 2 aromatic carbocycles. The van der Waals surface area contributed by atoms with Gasteiger partial charge < -0.3 is 29.0 Å². The average Bonchev–Trinajstić information content (AvgIpc) is 3.16. The molecule has 2 heterocycles. The molecule has 1 atom stereocenters. The maximum absolute atomic E-state index is 13.4. The quantitative estimate of drug-likeness (QED) is 0.339. The molecule has 2 fully saturated rings. The molecule has 192 valence electrons. The van der Waals surface area contributed by atoms with Gasteiger partial charge in [0.15, 0.2) is 11.5 Å². The van der Waals surface area contributed by atoms with E-state index in [1.165, 1.54) is 12.0 Å². The number of methoxy groups -OCH3 is 3. The summed E-state index contributed by atoms with van der Waals surface area (Å²) in [6.07, 6.45) is 0. The van der Waals surface area contributed by atoms with E-state index in [2.05, 4.69) is 4.90 Å². The van der Waals surface area contributed by atoms with Gasteiger partial charge in [0.05, 0.1) is 46.2 Å². The van der Waals surface area contributed by atoms with Crippen LogP contribution in [0.5, 0.6) is 17.2 Å². The smallest absolute Gasteiger partial charge is 0.295 e. The van der Waals surface area contributed by atoms with Gasteiger partial charge in [0.25, 0.3) is 11.7 Å². The first kappa shape index (κ1) is 25.5. The number of aliphatic hydroxyl groups excluding tert-OH is 1. The van der Waals surface area contributed by atoms with Crippen molar-refractivity contribution in [2.75, 3.05) is 60.7 Å². The van der Waals surface area contributed by atoms with E-state index in [1.54, 1.807) is 50.6 Å². The zero-order chi connectivity index (χ0) is 25.8. The molecular formula is C27H32N2O7. The fourth-order valence-electron chi connectivity index (χ4n) is 4.73. The van der Waals surface area contributed by atoms with Crippen LogP contribution < -0.4 is 14.2 Å². The Bertz CT molecular complexity index is 1170. The molecule has 2 saturated heterocycles. The number of rotatable bonds is 8. The fraction of sp³-hybridized carbons (Fsp3) is 0.407. The SMILES string of the molecule is COc1ccc(/C(O)=C2\C(=O)C(=O)N(CCN3CCOCC3)[C@@H]2c2ccc(OC)c(OC)c2)c(C)c1. The molecule has 9 nitrogen and oxygen atoms in total. The first-order valence-corrected chi connectivity index (χ1v) is 11.8. The highest BCUT2D eigenvalue weighted by molar-refractivity contribution is 6.46. The first-order chi connectivity index (χ1) is 17.4. The van der Waals surface area contributed by atoms with E-state index in [0.29, 0.717) is 54.7 Å². The van der Waals surface area contributed by atoms with E-state index < -0.39 is 17.7 Å². The Kier molecular flexibility index (Phi) is 7.81. The molecule has 0 saturated carbocycles. The van der Waals surface area contributed by atoms with Crippen molar-refractivity contribution < 1.29 is 33.6 Å². The molecule has 36 heavy (non-hydrogen) atoms. The van der Waals surface area contributed by atoms with Crippen molar-refractivity contribution in [1.82, 2.24) is 9.80 Å². The lowest BCUT2D eigenvalue weighted by Crippen LogP contribution is -2.42. The number of likely N-dealkylation sites (tertiary alicyclic amines) is 1. The third kappa shape index (κ3) is 4.89. The number of hydrogen-bond acceptors (Lipinski definition) is 8. The molecule has 0 aliphatic carbocycles. The van der Waals surface area contributed by atoms with Gasteiger partial charge in [-0.2, -0.15) is 0 Å². The molecule has 2 aliphatic rings. The number of aryl methyl sites for hydroxylation is 1. The summed E-state index contributed by atoms with van der Waals surface area (Å²) >= 11 is 0. The Morgan fingerprint density at radius 1 is 0.972 bits per heavy atom. The van der Waals surface area contributed by atoms with Crippen molar-refractivity contribution in [3.63, 3.8) is 0 Å². The third-order valence-electron chi connectivity index (χ3n) is 6.71. The number of ether oxygens (including phenoxy) is 4. The van der Waals surface area contributed by atoms with Gasteiger partial charge in [-0.15, -0.1) is 0 Å². The Morgan fingerprint density at radius 3 is 2.33 bits per heavy atom.